The number of hydrogen-bond acceptors (Lipinski definition) is 4. The van der Waals surface area contributed by atoms with Gasteiger partial charge in [-0.25, -0.2) is 0 Å². The second kappa shape index (κ2) is 5.63. The van der Waals surface area contributed by atoms with E-state index in [-0.39, 0.29) is 6.79 Å². The standard InChI is InChI=1S/C19H18O4/c1-2-7-21-13-4-5-14-15(10-17(20)16(14)9-13)12-3-6-18-19(8-12)23-11-22-18/h3-6,8-10,17,20H,2,7,11H2,1H3/t17-/m0/s1. The summed E-state index contributed by atoms with van der Waals surface area (Å²) >= 11 is 0. The van der Waals surface area contributed by atoms with Gasteiger partial charge in [-0.2, -0.15) is 0 Å². The minimum Gasteiger partial charge on any atom is -0.494 e. The van der Waals surface area contributed by atoms with E-state index >= 15 is 0 Å². The van der Waals surface area contributed by atoms with Gasteiger partial charge in [0.1, 0.15) is 5.75 Å². The van der Waals surface area contributed by atoms with E-state index < -0.39 is 6.10 Å². The van der Waals surface area contributed by atoms with Crippen molar-refractivity contribution in [3.8, 4) is 17.2 Å². The molecule has 4 nitrogen and oxygen atoms in total. The quantitative estimate of drug-likeness (QED) is 0.936. The van der Waals surface area contributed by atoms with Crippen LogP contribution in [-0.4, -0.2) is 18.5 Å². The van der Waals surface area contributed by atoms with Gasteiger partial charge in [0, 0.05) is 0 Å². The number of fused-ring (bicyclic) bond motifs is 2. The smallest absolute Gasteiger partial charge is 0.231 e. The molecule has 1 aliphatic heterocycles. The molecule has 0 amide bonds. The summed E-state index contributed by atoms with van der Waals surface area (Å²) in [7, 11) is 0. The van der Waals surface area contributed by atoms with E-state index in [0.717, 1.165) is 45.9 Å². The van der Waals surface area contributed by atoms with Crippen LogP contribution < -0.4 is 14.2 Å². The van der Waals surface area contributed by atoms with Crippen molar-refractivity contribution in [3.05, 3.63) is 59.2 Å². The van der Waals surface area contributed by atoms with Gasteiger partial charge in [0.2, 0.25) is 6.79 Å². The maximum atomic E-state index is 10.4. The number of rotatable bonds is 4. The van der Waals surface area contributed by atoms with Gasteiger partial charge in [-0.15, -0.1) is 0 Å². The molecule has 118 valence electrons. The van der Waals surface area contributed by atoms with Crippen LogP contribution in [0, 0.1) is 0 Å². The normalized spacial score (nSPS) is 17.8. The second-order valence-electron chi connectivity index (χ2n) is 5.69. The molecule has 0 radical (unpaired) electrons. The molecule has 2 aromatic carbocycles. The molecule has 0 fully saturated rings. The zero-order valence-corrected chi connectivity index (χ0v) is 12.9. The summed E-state index contributed by atoms with van der Waals surface area (Å²) in [4.78, 5) is 0. The van der Waals surface area contributed by atoms with Crippen molar-refractivity contribution in [1.82, 2.24) is 0 Å². The number of ether oxygens (including phenoxy) is 3. The van der Waals surface area contributed by atoms with Crippen LogP contribution in [0.2, 0.25) is 0 Å². The Balaban J connectivity index is 1.69. The van der Waals surface area contributed by atoms with Gasteiger partial charge in [0.05, 0.1) is 12.7 Å². The van der Waals surface area contributed by atoms with Crippen LogP contribution in [0.5, 0.6) is 17.2 Å². The average Bonchev–Trinajstić information content (AvgIpc) is 3.17. The third-order valence-corrected chi connectivity index (χ3v) is 4.11. The predicted molar refractivity (Wildman–Crippen MR) is 86.8 cm³/mol. The highest BCUT2D eigenvalue weighted by atomic mass is 16.7. The van der Waals surface area contributed by atoms with Crippen LogP contribution in [-0.2, 0) is 0 Å². The van der Waals surface area contributed by atoms with E-state index in [0.29, 0.717) is 6.61 Å². The van der Waals surface area contributed by atoms with E-state index in [2.05, 4.69) is 6.92 Å². The summed E-state index contributed by atoms with van der Waals surface area (Å²) in [5.74, 6) is 2.30. The van der Waals surface area contributed by atoms with Crippen molar-refractivity contribution < 1.29 is 19.3 Å². The van der Waals surface area contributed by atoms with Gasteiger partial charge in [0.15, 0.2) is 11.5 Å². The molecule has 1 atom stereocenters. The average molecular weight is 310 g/mol. The molecule has 4 heteroatoms. The van der Waals surface area contributed by atoms with Crippen LogP contribution in [0.1, 0.15) is 36.1 Å². The molecule has 2 aromatic rings. The number of hydrogen-bond donors (Lipinski definition) is 1. The zero-order chi connectivity index (χ0) is 15.8. The molecule has 1 aliphatic carbocycles. The monoisotopic (exact) mass is 310 g/mol. The lowest BCUT2D eigenvalue weighted by molar-refractivity contribution is 0.174. The molecule has 0 unspecified atom stereocenters. The molecule has 23 heavy (non-hydrogen) atoms. The van der Waals surface area contributed by atoms with E-state index in [4.69, 9.17) is 14.2 Å². The lowest BCUT2D eigenvalue weighted by Crippen LogP contribution is -1.98. The van der Waals surface area contributed by atoms with Crippen LogP contribution >= 0.6 is 0 Å². The van der Waals surface area contributed by atoms with E-state index in [1.807, 2.05) is 42.5 Å². The van der Waals surface area contributed by atoms with Crippen LogP contribution in [0.3, 0.4) is 0 Å². The van der Waals surface area contributed by atoms with Gasteiger partial charge < -0.3 is 19.3 Å². The Morgan fingerprint density at radius 2 is 2.00 bits per heavy atom. The maximum absolute atomic E-state index is 10.4. The molecular formula is C19H18O4. The fourth-order valence-corrected chi connectivity index (χ4v) is 2.99. The molecular weight excluding hydrogens is 292 g/mol. The first-order valence-corrected chi connectivity index (χ1v) is 7.83. The van der Waals surface area contributed by atoms with Crippen molar-refractivity contribution in [1.29, 1.82) is 0 Å². The highest BCUT2D eigenvalue weighted by molar-refractivity contribution is 5.86. The summed E-state index contributed by atoms with van der Waals surface area (Å²) in [6.07, 6.45) is 2.21. The highest BCUT2D eigenvalue weighted by Gasteiger charge is 2.24. The fourth-order valence-electron chi connectivity index (χ4n) is 2.99. The van der Waals surface area contributed by atoms with Crippen molar-refractivity contribution in [2.24, 2.45) is 0 Å². The van der Waals surface area contributed by atoms with E-state index in [1.165, 1.54) is 0 Å². The lowest BCUT2D eigenvalue weighted by atomic mass is 9.98. The topological polar surface area (TPSA) is 47.9 Å². The van der Waals surface area contributed by atoms with Crippen molar-refractivity contribution in [2.75, 3.05) is 13.4 Å². The molecule has 0 aromatic heterocycles. The Morgan fingerprint density at radius 1 is 1.13 bits per heavy atom. The molecule has 0 bridgehead atoms. The van der Waals surface area contributed by atoms with Gasteiger partial charge in [-0.05, 0) is 59.0 Å². The highest BCUT2D eigenvalue weighted by Crippen LogP contribution is 2.42. The minimum atomic E-state index is -0.615. The van der Waals surface area contributed by atoms with Crippen molar-refractivity contribution in [2.45, 2.75) is 19.4 Å². The van der Waals surface area contributed by atoms with Gasteiger partial charge in [-0.1, -0.05) is 19.1 Å². The molecule has 0 saturated carbocycles. The number of benzene rings is 2. The summed E-state index contributed by atoms with van der Waals surface area (Å²) in [5.41, 5.74) is 3.92. The summed E-state index contributed by atoms with van der Waals surface area (Å²) in [6, 6.07) is 11.7. The molecule has 4 rings (SSSR count). The first-order valence-electron chi connectivity index (χ1n) is 7.83. The molecule has 0 spiro atoms. The molecule has 2 aliphatic rings. The first kappa shape index (κ1) is 14.2. The predicted octanol–water partition coefficient (Wildman–Crippen LogP) is 3.68. The molecule has 1 N–H and O–H groups in total. The maximum Gasteiger partial charge on any atom is 0.231 e. The van der Waals surface area contributed by atoms with Crippen LogP contribution in [0.25, 0.3) is 5.57 Å². The Morgan fingerprint density at radius 3 is 2.87 bits per heavy atom. The first-order chi connectivity index (χ1) is 11.3. The zero-order valence-electron chi connectivity index (χ0n) is 12.9. The fraction of sp³-hybridized carbons (Fsp3) is 0.263. The summed E-state index contributed by atoms with van der Waals surface area (Å²) < 4.78 is 16.5. The SMILES string of the molecule is CCCOc1ccc2c(c1)[C@@H](O)C=C2c1ccc2c(c1)OCO2. The Hall–Kier alpha value is -2.46. The number of aliphatic hydroxyl groups is 1. The van der Waals surface area contributed by atoms with Gasteiger partial charge in [0.25, 0.3) is 0 Å². The third-order valence-electron chi connectivity index (χ3n) is 4.11. The summed E-state index contributed by atoms with van der Waals surface area (Å²) in [6.45, 7) is 3.01. The third kappa shape index (κ3) is 2.45. The van der Waals surface area contributed by atoms with E-state index in [1.54, 1.807) is 0 Å². The van der Waals surface area contributed by atoms with Crippen LogP contribution in [0.4, 0.5) is 0 Å². The molecule has 0 saturated heterocycles. The van der Waals surface area contributed by atoms with Crippen LogP contribution in [0.15, 0.2) is 42.5 Å². The molecule has 1 heterocycles. The Bertz CT molecular complexity index is 779. The second-order valence-corrected chi connectivity index (χ2v) is 5.69. The Kier molecular flexibility index (Phi) is 3.46. The largest absolute Gasteiger partial charge is 0.494 e. The van der Waals surface area contributed by atoms with Gasteiger partial charge >= 0.3 is 0 Å². The van der Waals surface area contributed by atoms with E-state index in [9.17, 15) is 5.11 Å². The van der Waals surface area contributed by atoms with Crippen molar-refractivity contribution in [3.63, 3.8) is 0 Å². The minimum absolute atomic E-state index is 0.259. The Labute approximate surface area is 134 Å². The van der Waals surface area contributed by atoms with Gasteiger partial charge in [-0.3, -0.25) is 0 Å². The lowest BCUT2D eigenvalue weighted by Gasteiger charge is -2.11. The summed E-state index contributed by atoms with van der Waals surface area (Å²) in [5, 5.41) is 10.4. The van der Waals surface area contributed by atoms with Crippen molar-refractivity contribution >= 4 is 5.57 Å². The number of aliphatic hydroxyl groups excluding tert-OH is 1.